The van der Waals surface area contributed by atoms with E-state index in [9.17, 15) is 9.59 Å². The first-order valence-corrected chi connectivity index (χ1v) is 11.1. The second-order valence-corrected chi connectivity index (χ2v) is 8.70. The van der Waals surface area contributed by atoms with Crippen LogP contribution in [0.5, 0.6) is 0 Å². The Kier molecular flexibility index (Phi) is 6.94. The molecule has 164 valence electrons. The molecule has 3 rings (SSSR count). The molecule has 1 amide bonds. The van der Waals surface area contributed by atoms with Gasteiger partial charge in [0.1, 0.15) is 5.82 Å². The summed E-state index contributed by atoms with van der Waals surface area (Å²) in [7, 11) is 0. The molecule has 31 heavy (non-hydrogen) atoms. The number of carbonyl (C=O) groups excluding carboxylic acids is 1. The van der Waals surface area contributed by atoms with Crippen LogP contribution in [0.4, 0.5) is 0 Å². The Bertz CT molecular complexity index is 1150. The average molecular weight is 420 g/mol. The van der Waals surface area contributed by atoms with Crippen LogP contribution in [0.15, 0.2) is 47.3 Å². The van der Waals surface area contributed by atoms with Gasteiger partial charge in [-0.25, -0.2) is 4.98 Å². The molecule has 1 heterocycles. The van der Waals surface area contributed by atoms with Gasteiger partial charge in [-0.2, -0.15) is 0 Å². The van der Waals surface area contributed by atoms with Crippen LogP contribution in [0.1, 0.15) is 63.5 Å². The fourth-order valence-electron chi connectivity index (χ4n) is 3.82. The molecule has 0 aliphatic carbocycles. The zero-order valence-corrected chi connectivity index (χ0v) is 19.5. The van der Waals surface area contributed by atoms with E-state index >= 15 is 0 Å². The van der Waals surface area contributed by atoms with Crippen molar-refractivity contribution in [2.45, 2.75) is 60.4 Å². The second kappa shape index (κ2) is 9.46. The largest absolute Gasteiger partial charge is 0.333 e. The van der Waals surface area contributed by atoms with Gasteiger partial charge in [0.15, 0.2) is 0 Å². The molecule has 2 aromatic carbocycles. The molecule has 3 aromatic rings. The van der Waals surface area contributed by atoms with Crippen molar-refractivity contribution in [3.63, 3.8) is 0 Å². The molecule has 5 heteroatoms. The lowest BCUT2D eigenvalue weighted by Gasteiger charge is -2.31. The molecule has 0 bridgehead atoms. The highest BCUT2D eigenvalue weighted by Crippen LogP contribution is 2.25. The van der Waals surface area contributed by atoms with Crippen molar-refractivity contribution in [2.75, 3.05) is 6.54 Å². The molecule has 0 saturated heterocycles. The summed E-state index contributed by atoms with van der Waals surface area (Å²) >= 11 is 0. The molecule has 0 fully saturated rings. The smallest absolute Gasteiger partial charge is 0.266 e. The van der Waals surface area contributed by atoms with Crippen LogP contribution in [0, 0.1) is 19.8 Å². The minimum Gasteiger partial charge on any atom is -0.333 e. The topological polar surface area (TPSA) is 55.2 Å². The van der Waals surface area contributed by atoms with Gasteiger partial charge in [0.25, 0.3) is 5.56 Å². The van der Waals surface area contributed by atoms with Gasteiger partial charge in [-0.1, -0.05) is 39.0 Å². The zero-order chi connectivity index (χ0) is 22.7. The minimum absolute atomic E-state index is 0.0715. The number of hydrogen-bond acceptors (Lipinski definition) is 3. The monoisotopic (exact) mass is 419 g/mol. The molecule has 0 aliphatic heterocycles. The van der Waals surface area contributed by atoms with Crippen molar-refractivity contribution in [3.05, 3.63) is 69.8 Å². The maximum absolute atomic E-state index is 13.6. The predicted octanol–water partition coefficient (Wildman–Crippen LogP) is 5.35. The predicted molar refractivity (Wildman–Crippen MR) is 127 cm³/mol. The van der Waals surface area contributed by atoms with E-state index < -0.39 is 0 Å². The van der Waals surface area contributed by atoms with Gasteiger partial charge in [-0.3, -0.25) is 14.2 Å². The fourth-order valence-corrected chi connectivity index (χ4v) is 3.82. The van der Waals surface area contributed by atoms with Gasteiger partial charge in [0, 0.05) is 13.0 Å². The molecule has 0 saturated carbocycles. The molecule has 0 N–H and O–H groups in total. The van der Waals surface area contributed by atoms with Crippen LogP contribution in [0.3, 0.4) is 0 Å². The lowest BCUT2D eigenvalue weighted by atomic mass is 10.1. The van der Waals surface area contributed by atoms with Gasteiger partial charge in [-0.15, -0.1) is 0 Å². The maximum atomic E-state index is 13.6. The summed E-state index contributed by atoms with van der Waals surface area (Å²) in [5, 5.41) is 0.576. The minimum atomic E-state index is -0.329. The first kappa shape index (κ1) is 22.7. The zero-order valence-electron chi connectivity index (χ0n) is 19.5. The average Bonchev–Trinajstić information content (AvgIpc) is 2.75. The Morgan fingerprint density at radius 3 is 2.42 bits per heavy atom. The summed E-state index contributed by atoms with van der Waals surface area (Å²) in [6.45, 7) is 12.9. The Morgan fingerprint density at radius 2 is 1.77 bits per heavy atom. The van der Waals surface area contributed by atoms with Crippen molar-refractivity contribution in [1.82, 2.24) is 14.5 Å². The number of fused-ring (bicyclic) bond motifs is 1. The van der Waals surface area contributed by atoms with Crippen LogP contribution in [0.25, 0.3) is 16.6 Å². The van der Waals surface area contributed by atoms with Crippen molar-refractivity contribution >= 4 is 16.8 Å². The highest BCUT2D eigenvalue weighted by Gasteiger charge is 2.26. The molecular formula is C26H33N3O2. The third kappa shape index (κ3) is 4.71. The molecule has 1 unspecified atom stereocenters. The Labute approximate surface area is 184 Å². The second-order valence-electron chi connectivity index (χ2n) is 8.70. The van der Waals surface area contributed by atoms with E-state index in [-0.39, 0.29) is 17.5 Å². The van der Waals surface area contributed by atoms with Crippen LogP contribution in [-0.2, 0) is 4.79 Å². The highest BCUT2D eigenvalue weighted by atomic mass is 16.2. The molecule has 1 atom stereocenters. The van der Waals surface area contributed by atoms with Crippen LogP contribution >= 0.6 is 0 Å². The molecule has 0 radical (unpaired) electrons. The molecular weight excluding hydrogens is 386 g/mol. The first-order valence-electron chi connectivity index (χ1n) is 11.1. The summed E-state index contributed by atoms with van der Waals surface area (Å²) in [5.41, 5.74) is 3.60. The van der Waals surface area contributed by atoms with Crippen LogP contribution in [0.2, 0.25) is 0 Å². The highest BCUT2D eigenvalue weighted by molar-refractivity contribution is 5.79. The number of amides is 1. The number of aromatic nitrogens is 2. The number of nitrogens with zero attached hydrogens (tertiary/aromatic N) is 3. The maximum Gasteiger partial charge on any atom is 0.266 e. The van der Waals surface area contributed by atoms with Crippen LogP contribution < -0.4 is 5.56 Å². The van der Waals surface area contributed by atoms with Gasteiger partial charge in [-0.05, 0) is 68.5 Å². The van der Waals surface area contributed by atoms with Crippen molar-refractivity contribution in [2.24, 2.45) is 5.92 Å². The van der Waals surface area contributed by atoms with E-state index in [0.29, 0.717) is 35.6 Å². The molecule has 1 aromatic heterocycles. The SMILES string of the molecule is CCC(=O)N(CCC(C)C)C(C)c1nc2ccccc2c(=O)n1-c1ccc(C)c(C)c1. The summed E-state index contributed by atoms with van der Waals surface area (Å²) in [6, 6.07) is 13.1. The lowest BCUT2D eigenvalue weighted by Crippen LogP contribution is -2.38. The van der Waals surface area contributed by atoms with Gasteiger partial charge < -0.3 is 4.90 Å². The standard InChI is InChI=1S/C26H33N3O2/c1-7-24(30)28(15-14-17(2)3)20(6)25-27-23-11-9-8-10-22(23)26(31)29(25)21-13-12-18(4)19(5)16-21/h8-13,16-17,20H,7,14-15H2,1-6H3. The summed E-state index contributed by atoms with van der Waals surface area (Å²) in [6.07, 6.45) is 1.32. The Morgan fingerprint density at radius 1 is 1.06 bits per heavy atom. The van der Waals surface area contributed by atoms with Gasteiger partial charge in [0.2, 0.25) is 5.91 Å². The quantitative estimate of drug-likeness (QED) is 0.519. The van der Waals surface area contributed by atoms with Crippen LogP contribution in [-0.4, -0.2) is 26.9 Å². The van der Waals surface area contributed by atoms with Gasteiger partial charge >= 0.3 is 0 Å². The Hall–Kier alpha value is -2.95. The third-order valence-corrected chi connectivity index (χ3v) is 5.96. The first-order chi connectivity index (χ1) is 14.7. The number of benzene rings is 2. The normalized spacial score (nSPS) is 12.4. The number of rotatable bonds is 7. The third-order valence-electron chi connectivity index (χ3n) is 5.96. The summed E-state index contributed by atoms with van der Waals surface area (Å²) < 4.78 is 1.69. The Balaban J connectivity index is 2.24. The van der Waals surface area contributed by atoms with Gasteiger partial charge in [0.05, 0.1) is 22.6 Å². The van der Waals surface area contributed by atoms with Crippen molar-refractivity contribution < 1.29 is 4.79 Å². The number of hydrogen-bond donors (Lipinski definition) is 0. The van der Waals surface area contributed by atoms with E-state index in [1.807, 2.05) is 68.1 Å². The molecule has 0 aliphatic rings. The van der Waals surface area contributed by atoms with Crippen molar-refractivity contribution in [1.29, 1.82) is 0 Å². The van der Waals surface area contributed by atoms with E-state index in [1.165, 1.54) is 5.56 Å². The van der Waals surface area contributed by atoms with E-state index in [0.717, 1.165) is 17.7 Å². The van der Waals surface area contributed by atoms with Crippen molar-refractivity contribution in [3.8, 4) is 5.69 Å². The number of aryl methyl sites for hydroxylation is 2. The fraction of sp³-hybridized carbons (Fsp3) is 0.423. The van der Waals surface area contributed by atoms with E-state index in [4.69, 9.17) is 4.98 Å². The summed E-state index contributed by atoms with van der Waals surface area (Å²) in [4.78, 5) is 33.2. The number of para-hydroxylation sites is 1. The molecule has 5 nitrogen and oxygen atoms in total. The van der Waals surface area contributed by atoms with E-state index in [1.54, 1.807) is 4.57 Å². The lowest BCUT2D eigenvalue weighted by molar-refractivity contribution is -0.133. The number of carbonyl (C=O) groups is 1. The van der Waals surface area contributed by atoms with E-state index in [2.05, 4.69) is 20.8 Å². The summed E-state index contributed by atoms with van der Waals surface area (Å²) in [5.74, 6) is 1.14. The molecule has 0 spiro atoms.